The molecule has 4 heterocycles. The highest BCUT2D eigenvalue weighted by Gasteiger charge is 2.36. The number of halogens is 1. The molecule has 1 N–H and O–H groups in total. The van der Waals surface area contributed by atoms with Crippen LogP contribution in [0.4, 0.5) is 0 Å². The average molecular weight is 445 g/mol. The van der Waals surface area contributed by atoms with Crippen molar-refractivity contribution >= 4 is 54.6 Å². The van der Waals surface area contributed by atoms with E-state index in [1.807, 2.05) is 29.6 Å². The highest BCUT2D eigenvalue weighted by Crippen LogP contribution is 2.42. The van der Waals surface area contributed by atoms with Crippen LogP contribution in [0, 0.1) is 0 Å². The van der Waals surface area contributed by atoms with Gasteiger partial charge in [0.1, 0.15) is 0 Å². The van der Waals surface area contributed by atoms with Crippen molar-refractivity contribution in [3.8, 4) is 0 Å². The Kier molecular flexibility index (Phi) is 4.33. The quantitative estimate of drug-likeness (QED) is 0.473. The number of thiophene rings is 1. The Morgan fingerprint density at radius 2 is 1.86 bits per heavy atom. The molecule has 6 rings (SSSR count). The van der Waals surface area contributed by atoms with Crippen molar-refractivity contribution in [2.75, 3.05) is 0 Å². The van der Waals surface area contributed by atoms with E-state index >= 15 is 0 Å². The molecule has 0 saturated carbocycles. The Morgan fingerprint density at radius 3 is 2.72 bits per heavy atom. The Labute approximate surface area is 179 Å². The maximum Gasteiger partial charge on any atom is 0.206 e. The van der Waals surface area contributed by atoms with Crippen LogP contribution in [0.15, 0.2) is 57.6 Å². The van der Waals surface area contributed by atoms with Gasteiger partial charge in [-0.25, -0.2) is 8.42 Å². The summed E-state index contributed by atoms with van der Waals surface area (Å²) in [6.07, 6.45) is 3.34. The van der Waals surface area contributed by atoms with Crippen LogP contribution >= 0.6 is 23.7 Å². The lowest BCUT2D eigenvalue weighted by Gasteiger charge is -2.23. The second kappa shape index (κ2) is 6.57. The molecular formula is C22H21ClN2O2S2. The number of hydrogen-bond donors (Lipinski definition) is 1. The summed E-state index contributed by atoms with van der Waals surface area (Å²) in [4.78, 5) is 0.740. The summed E-state index contributed by atoms with van der Waals surface area (Å²) in [5.74, 6) is 0. The number of aromatic nitrogens is 1. The molecule has 1 saturated heterocycles. The van der Waals surface area contributed by atoms with Crippen molar-refractivity contribution < 1.29 is 8.42 Å². The van der Waals surface area contributed by atoms with Gasteiger partial charge in [0.15, 0.2) is 0 Å². The van der Waals surface area contributed by atoms with E-state index in [0.717, 1.165) is 33.8 Å². The van der Waals surface area contributed by atoms with E-state index in [0.29, 0.717) is 21.9 Å². The first-order valence-electron chi connectivity index (χ1n) is 9.62. The van der Waals surface area contributed by atoms with Gasteiger partial charge in [-0.3, -0.25) is 0 Å². The Morgan fingerprint density at radius 1 is 1.07 bits per heavy atom. The third-order valence-electron chi connectivity index (χ3n) is 6.41. The van der Waals surface area contributed by atoms with Gasteiger partial charge >= 0.3 is 0 Å². The molecule has 2 atom stereocenters. The van der Waals surface area contributed by atoms with Crippen LogP contribution in [-0.2, 0) is 23.3 Å². The van der Waals surface area contributed by atoms with Crippen LogP contribution in [0.1, 0.15) is 30.1 Å². The third kappa shape index (κ3) is 2.70. The van der Waals surface area contributed by atoms with Gasteiger partial charge in [-0.1, -0.05) is 0 Å². The van der Waals surface area contributed by atoms with E-state index in [4.69, 9.17) is 0 Å². The minimum atomic E-state index is -3.56. The van der Waals surface area contributed by atoms with E-state index < -0.39 is 9.84 Å². The predicted octanol–water partition coefficient (Wildman–Crippen LogP) is 5.00. The molecule has 0 radical (unpaired) electrons. The predicted molar refractivity (Wildman–Crippen MR) is 120 cm³/mol. The number of rotatable bonds is 2. The zero-order valence-corrected chi connectivity index (χ0v) is 18.3. The second-order valence-corrected chi connectivity index (χ2v) is 10.8. The highest BCUT2D eigenvalue weighted by molar-refractivity contribution is 7.91. The van der Waals surface area contributed by atoms with Gasteiger partial charge in [0.2, 0.25) is 9.84 Å². The van der Waals surface area contributed by atoms with Crippen LogP contribution in [-0.4, -0.2) is 19.0 Å². The average Bonchev–Trinajstić information content (AvgIpc) is 3.39. The standard InChI is InChI=1S/C22H20N2O2S2.ClH/c1-24-19-6-3-16(12-17(19)22-18-5-2-14(23-18)11-20(22)24)28(25,26)15-4-7-21-13(10-15)8-9-27-21;/h3-4,6-10,12,14,18,23H,2,5,11H2,1H3;1H. The van der Waals surface area contributed by atoms with Gasteiger partial charge in [-0.15, -0.1) is 23.7 Å². The number of benzene rings is 2. The van der Waals surface area contributed by atoms with Gasteiger partial charge in [-0.2, -0.15) is 0 Å². The minimum absolute atomic E-state index is 0. The fraction of sp³-hybridized carbons (Fsp3) is 0.273. The van der Waals surface area contributed by atoms with Crippen molar-refractivity contribution in [3.05, 3.63) is 59.1 Å². The van der Waals surface area contributed by atoms with Gasteiger partial charge in [0.05, 0.1) is 9.79 Å². The largest absolute Gasteiger partial charge is 0.347 e. The molecule has 0 spiro atoms. The van der Waals surface area contributed by atoms with Crippen molar-refractivity contribution in [1.82, 2.24) is 9.88 Å². The molecule has 2 aliphatic rings. The first-order chi connectivity index (χ1) is 13.5. The number of nitrogens with one attached hydrogen (secondary N) is 1. The molecular weight excluding hydrogens is 424 g/mol. The van der Waals surface area contributed by atoms with Gasteiger partial charge in [-0.05, 0) is 71.6 Å². The summed E-state index contributed by atoms with van der Waals surface area (Å²) in [5, 5.41) is 7.74. The van der Waals surface area contributed by atoms with Crippen molar-refractivity contribution in [3.63, 3.8) is 0 Å². The molecule has 2 aliphatic heterocycles. The lowest BCUT2D eigenvalue weighted by Crippen LogP contribution is -2.32. The molecule has 2 aromatic heterocycles. The molecule has 7 heteroatoms. The molecule has 150 valence electrons. The molecule has 1 fully saturated rings. The normalized spacial score (nSPS) is 20.7. The van der Waals surface area contributed by atoms with Crippen molar-refractivity contribution in [2.24, 2.45) is 7.05 Å². The van der Waals surface area contributed by atoms with Gasteiger partial charge < -0.3 is 9.88 Å². The topological polar surface area (TPSA) is 51.1 Å². The number of aryl methyl sites for hydroxylation is 1. The van der Waals surface area contributed by atoms with Crippen molar-refractivity contribution in [1.29, 1.82) is 0 Å². The molecule has 2 aromatic carbocycles. The van der Waals surface area contributed by atoms with Crippen LogP contribution in [0.25, 0.3) is 21.0 Å². The molecule has 2 unspecified atom stereocenters. The maximum atomic E-state index is 13.4. The number of hydrogen-bond acceptors (Lipinski definition) is 4. The zero-order chi connectivity index (χ0) is 19.0. The van der Waals surface area contributed by atoms with Crippen LogP contribution in [0.2, 0.25) is 0 Å². The Hall–Kier alpha value is -1.86. The Bertz CT molecular complexity index is 1370. The summed E-state index contributed by atoms with van der Waals surface area (Å²) in [5.41, 5.74) is 3.78. The van der Waals surface area contributed by atoms with E-state index in [-0.39, 0.29) is 12.4 Å². The number of nitrogens with zero attached hydrogens (tertiary/aromatic N) is 1. The van der Waals surface area contributed by atoms with Crippen LogP contribution in [0.3, 0.4) is 0 Å². The summed E-state index contributed by atoms with van der Waals surface area (Å²) in [7, 11) is -1.45. The minimum Gasteiger partial charge on any atom is -0.347 e. The van der Waals surface area contributed by atoms with E-state index in [1.54, 1.807) is 29.5 Å². The lowest BCUT2D eigenvalue weighted by atomic mass is 9.99. The fourth-order valence-corrected chi connectivity index (χ4v) is 7.09. The van der Waals surface area contributed by atoms with Crippen LogP contribution < -0.4 is 5.32 Å². The van der Waals surface area contributed by atoms with Gasteiger partial charge in [0.25, 0.3) is 0 Å². The van der Waals surface area contributed by atoms with E-state index in [1.165, 1.54) is 17.7 Å². The SMILES string of the molecule is Cl.Cn1c2c(c3cc(S(=O)(=O)c4ccc5sccc5c4)ccc31)C1CCC(C2)N1. The molecule has 4 aromatic rings. The highest BCUT2D eigenvalue weighted by atomic mass is 35.5. The fourth-order valence-electron chi connectivity index (χ4n) is 5.00. The molecule has 2 bridgehead atoms. The van der Waals surface area contributed by atoms with E-state index in [2.05, 4.69) is 16.9 Å². The van der Waals surface area contributed by atoms with Crippen molar-refractivity contribution in [2.45, 2.75) is 41.1 Å². The molecule has 0 amide bonds. The third-order valence-corrected chi connectivity index (χ3v) is 9.06. The first kappa shape index (κ1) is 19.1. The van der Waals surface area contributed by atoms with Crippen LogP contribution in [0.5, 0.6) is 0 Å². The molecule has 29 heavy (non-hydrogen) atoms. The monoisotopic (exact) mass is 444 g/mol. The molecule has 0 aliphatic carbocycles. The Balaban J connectivity index is 0.00000181. The summed E-state index contributed by atoms with van der Waals surface area (Å²) in [6.45, 7) is 0. The first-order valence-corrected chi connectivity index (χ1v) is 12.0. The molecule has 4 nitrogen and oxygen atoms in total. The van der Waals surface area contributed by atoms with Gasteiger partial charge in [0, 0.05) is 46.8 Å². The van der Waals surface area contributed by atoms with E-state index in [9.17, 15) is 8.42 Å². The smallest absolute Gasteiger partial charge is 0.206 e. The lowest BCUT2D eigenvalue weighted by molar-refractivity contribution is 0.503. The number of sulfone groups is 1. The summed E-state index contributed by atoms with van der Waals surface area (Å²) < 4.78 is 30.1. The summed E-state index contributed by atoms with van der Waals surface area (Å²) in [6, 6.07) is 13.9. The maximum absolute atomic E-state index is 13.4. The number of fused-ring (bicyclic) bond motifs is 7. The second-order valence-electron chi connectivity index (χ2n) is 7.92. The zero-order valence-electron chi connectivity index (χ0n) is 15.9. The summed E-state index contributed by atoms with van der Waals surface area (Å²) >= 11 is 1.62.